The van der Waals surface area contributed by atoms with Crippen LogP contribution in [0.15, 0.2) is 70.7 Å². The summed E-state index contributed by atoms with van der Waals surface area (Å²) in [6.07, 6.45) is 3.57. The minimum Gasteiger partial charge on any atom is -0.457 e. The minimum absolute atomic E-state index is 0.222. The third kappa shape index (κ3) is 3.70. The van der Waals surface area contributed by atoms with Crippen molar-refractivity contribution in [1.82, 2.24) is 15.0 Å². The maximum absolute atomic E-state index is 12.4. The molecule has 4 rings (SSSR count). The van der Waals surface area contributed by atoms with E-state index in [2.05, 4.69) is 20.3 Å². The molecular formula is C21H18N4O2S. The van der Waals surface area contributed by atoms with Gasteiger partial charge in [-0.2, -0.15) is 0 Å². The molecular weight excluding hydrogens is 372 g/mol. The number of pyridine rings is 1. The highest BCUT2D eigenvalue weighted by atomic mass is 32.2. The number of ether oxygens (including phenoxy) is 1. The zero-order valence-corrected chi connectivity index (χ0v) is 16.2. The van der Waals surface area contributed by atoms with Crippen LogP contribution in [-0.2, 0) is 0 Å². The number of fused-ring (bicyclic) bond motifs is 1. The first-order valence-electron chi connectivity index (χ1n) is 8.68. The average Bonchev–Trinajstić information content (AvgIpc) is 2.72. The summed E-state index contributed by atoms with van der Waals surface area (Å²) in [4.78, 5) is 24.1. The van der Waals surface area contributed by atoms with Crippen LogP contribution >= 0.6 is 11.8 Å². The van der Waals surface area contributed by atoms with Gasteiger partial charge in [-0.3, -0.25) is 4.79 Å². The van der Waals surface area contributed by atoms with E-state index in [4.69, 9.17) is 4.74 Å². The first-order valence-corrected chi connectivity index (χ1v) is 9.90. The Balaban J connectivity index is 1.66. The Kier molecular flexibility index (Phi) is 4.99. The summed E-state index contributed by atoms with van der Waals surface area (Å²) in [6, 6.07) is 17.1. The SMILES string of the molecule is CSc1nc(Nc2ccc(Oc3ccccc3)cc2)c2c(=O)[nH]cc(C)c2n1. The molecule has 2 heterocycles. The molecule has 2 aromatic heterocycles. The minimum atomic E-state index is -0.222. The van der Waals surface area contributed by atoms with Gasteiger partial charge in [0.25, 0.3) is 5.56 Å². The largest absolute Gasteiger partial charge is 0.457 e. The smallest absolute Gasteiger partial charge is 0.261 e. The number of para-hydroxylation sites is 1. The van der Waals surface area contributed by atoms with E-state index in [9.17, 15) is 4.79 Å². The van der Waals surface area contributed by atoms with Crippen molar-refractivity contribution in [3.05, 3.63) is 76.7 Å². The van der Waals surface area contributed by atoms with Gasteiger partial charge >= 0.3 is 0 Å². The van der Waals surface area contributed by atoms with Crippen LogP contribution in [-0.4, -0.2) is 21.2 Å². The van der Waals surface area contributed by atoms with E-state index in [0.717, 1.165) is 22.7 Å². The molecule has 0 spiro atoms. The molecule has 0 bridgehead atoms. The zero-order valence-electron chi connectivity index (χ0n) is 15.4. The number of hydrogen-bond donors (Lipinski definition) is 2. The monoisotopic (exact) mass is 390 g/mol. The number of H-pyrrole nitrogens is 1. The number of hydrogen-bond acceptors (Lipinski definition) is 6. The first-order chi connectivity index (χ1) is 13.6. The summed E-state index contributed by atoms with van der Waals surface area (Å²) >= 11 is 1.43. The number of anilines is 2. The predicted octanol–water partition coefficient (Wildman–Crippen LogP) is 4.88. The quantitative estimate of drug-likeness (QED) is 0.373. The molecule has 0 radical (unpaired) electrons. The van der Waals surface area contributed by atoms with Gasteiger partial charge in [0.15, 0.2) is 5.16 Å². The van der Waals surface area contributed by atoms with Gasteiger partial charge in [0.05, 0.1) is 5.52 Å². The maximum Gasteiger partial charge on any atom is 0.261 e. The summed E-state index contributed by atoms with van der Waals surface area (Å²) in [7, 11) is 0. The number of benzene rings is 2. The van der Waals surface area contributed by atoms with Crippen molar-refractivity contribution in [2.24, 2.45) is 0 Å². The Morgan fingerprint density at radius 3 is 2.43 bits per heavy atom. The van der Waals surface area contributed by atoms with E-state index in [1.54, 1.807) is 6.20 Å². The van der Waals surface area contributed by atoms with E-state index in [-0.39, 0.29) is 5.56 Å². The van der Waals surface area contributed by atoms with Crippen LogP contribution in [0, 0.1) is 6.92 Å². The summed E-state index contributed by atoms with van der Waals surface area (Å²) < 4.78 is 5.81. The van der Waals surface area contributed by atoms with Gasteiger partial charge in [0, 0.05) is 11.9 Å². The third-order valence-electron chi connectivity index (χ3n) is 4.19. The molecule has 0 amide bonds. The summed E-state index contributed by atoms with van der Waals surface area (Å²) in [5, 5.41) is 4.29. The van der Waals surface area contributed by atoms with Crippen LogP contribution in [0.5, 0.6) is 11.5 Å². The first kappa shape index (κ1) is 18.1. The highest BCUT2D eigenvalue weighted by molar-refractivity contribution is 7.98. The second kappa shape index (κ2) is 7.74. The molecule has 7 heteroatoms. The fraction of sp³-hybridized carbons (Fsp3) is 0.0952. The standard InChI is InChI=1S/C21H18N4O2S/c1-13-12-22-20(26)17-18(13)24-21(28-2)25-19(17)23-14-8-10-16(11-9-14)27-15-6-4-3-5-7-15/h3-12H,1-2H3,(H,22,26)(H,23,24,25). The Labute approximate surface area is 166 Å². The van der Waals surface area contributed by atoms with Crippen molar-refractivity contribution in [1.29, 1.82) is 0 Å². The summed E-state index contributed by atoms with van der Waals surface area (Å²) in [5.74, 6) is 1.98. The van der Waals surface area contributed by atoms with Gasteiger partial charge in [-0.05, 0) is 55.1 Å². The number of rotatable bonds is 5. The summed E-state index contributed by atoms with van der Waals surface area (Å²) in [6.45, 7) is 1.91. The van der Waals surface area contributed by atoms with E-state index in [1.165, 1.54) is 11.8 Å². The maximum atomic E-state index is 12.4. The molecule has 0 aliphatic carbocycles. The molecule has 0 fully saturated rings. The van der Waals surface area contributed by atoms with Crippen molar-refractivity contribution in [2.75, 3.05) is 11.6 Å². The fourth-order valence-corrected chi connectivity index (χ4v) is 3.17. The Hall–Kier alpha value is -3.32. The lowest BCUT2D eigenvalue weighted by Crippen LogP contribution is -2.11. The molecule has 4 aromatic rings. The van der Waals surface area contributed by atoms with Crippen LogP contribution < -0.4 is 15.6 Å². The molecule has 0 unspecified atom stereocenters. The second-order valence-corrected chi connectivity index (χ2v) is 6.92. The number of nitrogens with one attached hydrogen (secondary N) is 2. The Morgan fingerprint density at radius 1 is 1.00 bits per heavy atom. The highest BCUT2D eigenvalue weighted by Crippen LogP contribution is 2.27. The van der Waals surface area contributed by atoms with Crippen LogP contribution in [0.3, 0.4) is 0 Å². The number of aryl methyl sites for hydroxylation is 1. The average molecular weight is 390 g/mol. The van der Waals surface area contributed by atoms with Gasteiger partial charge in [-0.1, -0.05) is 30.0 Å². The van der Waals surface area contributed by atoms with E-state index in [1.807, 2.05) is 67.8 Å². The third-order valence-corrected chi connectivity index (χ3v) is 4.74. The van der Waals surface area contributed by atoms with Crippen LogP contribution in [0.4, 0.5) is 11.5 Å². The van der Waals surface area contributed by atoms with E-state index < -0.39 is 0 Å². The topological polar surface area (TPSA) is 79.9 Å². The molecule has 0 aliphatic heterocycles. The normalized spacial score (nSPS) is 10.8. The van der Waals surface area contributed by atoms with Gasteiger partial charge in [-0.25, -0.2) is 9.97 Å². The predicted molar refractivity (Wildman–Crippen MR) is 113 cm³/mol. The molecule has 2 aromatic carbocycles. The Morgan fingerprint density at radius 2 is 1.71 bits per heavy atom. The highest BCUT2D eigenvalue weighted by Gasteiger charge is 2.13. The van der Waals surface area contributed by atoms with Gasteiger partial charge in [0.1, 0.15) is 22.7 Å². The van der Waals surface area contributed by atoms with E-state index >= 15 is 0 Å². The van der Waals surface area contributed by atoms with Crippen molar-refractivity contribution in [3.63, 3.8) is 0 Å². The number of nitrogens with zero attached hydrogens (tertiary/aromatic N) is 2. The zero-order chi connectivity index (χ0) is 19.5. The number of thioether (sulfide) groups is 1. The van der Waals surface area contributed by atoms with Crippen molar-refractivity contribution in [3.8, 4) is 11.5 Å². The molecule has 2 N–H and O–H groups in total. The fourth-order valence-electron chi connectivity index (χ4n) is 2.80. The van der Waals surface area contributed by atoms with Crippen LogP contribution in [0.2, 0.25) is 0 Å². The van der Waals surface area contributed by atoms with Crippen molar-refractivity contribution in [2.45, 2.75) is 12.1 Å². The lowest BCUT2D eigenvalue weighted by atomic mass is 10.2. The van der Waals surface area contributed by atoms with Crippen molar-refractivity contribution >= 4 is 34.2 Å². The lowest BCUT2D eigenvalue weighted by Gasteiger charge is -2.11. The van der Waals surface area contributed by atoms with Crippen LogP contribution in [0.25, 0.3) is 10.9 Å². The van der Waals surface area contributed by atoms with E-state index in [0.29, 0.717) is 21.9 Å². The molecule has 0 saturated heterocycles. The second-order valence-electron chi connectivity index (χ2n) is 6.15. The number of aromatic amines is 1. The molecule has 0 aliphatic rings. The molecule has 6 nitrogen and oxygen atoms in total. The Bertz CT molecular complexity index is 1170. The lowest BCUT2D eigenvalue weighted by molar-refractivity contribution is 0.483. The molecule has 140 valence electrons. The van der Waals surface area contributed by atoms with Crippen LogP contribution in [0.1, 0.15) is 5.56 Å². The molecule has 0 saturated carbocycles. The van der Waals surface area contributed by atoms with Gasteiger partial charge < -0.3 is 15.0 Å². The number of aromatic nitrogens is 3. The van der Waals surface area contributed by atoms with Crippen molar-refractivity contribution < 1.29 is 4.74 Å². The van der Waals surface area contributed by atoms with Gasteiger partial charge in [0.2, 0.25) is 0 Å². The molecule has 0 atom stereocenters. The molecule has 28 heavy (non-hydrogen) atoms. The summed E-state index contributed by atoms with van der Waals surface area (Å²) in [5.41, 5.74) is 2.12. The van der Waals surface area contributed by atoms with Gasteiger partial charge in [-0.15, -0.1) is 0 Å².